The predicted octanol–water partition coefficient (Wildman–Crippen LogP) is 3.02. The Morgan fingerprint density at radius 1 is 1.54 bits per heavy atom. The Hall–Kier alpha value is -0.320. The van der Waals surface area contributed by atoms with Crippen LogP contribution >= 0.6 is 39.7 Å². The molecule has 0 aliphatic rings. The Morgan fingerprint density at radius 3 is 2.77 bits per heavy atom. The zero-order chi connectivity index (χ0) is 9.84. The lowest BCUT2D eigenvalue weighted by molar-refractivity contribution is 1.20. The minimum atomic E-state index is 0.572. The average Bonchev–Trinajstić information content (AvgIpc) is 2.09. The molecule has 0 atom stereocenters. The maximum atomic E-state index is 5.78. The number of rotatable bonds is 1. The Bertz CT molecular complexity index is 330. The number of thiocarbonyl (C=S) groups is 1. The lowest BCUT2D eigenvalue weighted by Gasteiger charge is -2.08. The summed E-state index contributed by atoms with van der Waals surface area (Å²) in [6.45, 7) is 0. The molecule has 70 valence electrons. The third-order valence-electron chi connectivity index (χ3n) is 1.41. The molecule has 2 nitrogen and oxygen atoms in total. The Kier molecular flexibility index (Phi) is 3.96. The quantitative estimate of drug-likeness (QED) is 0.773. The molecule has 0 saturated carbocycles. The van der Waals surface area contributed by atoms with E-state index in [2.05, 4.69) is 26.6 Å². The molecule has 1 aromatic carbocycles. The van der Waals surface area contributed by atoms with Gasteiger partial charge in [-0.05, 0) is 46.3 Å². The van der Waals surface area contributed by atoms with Gasteiger partial charge < -0.3 is 10.6 Å². The van der Waals surface area contributed by atoms with Crippen molar-refractivity contribution in [2.24, 2.45) is 0 Å². The van der Waals surface area contributed by atoms with Crippen LogP contribution in [0.5, 0.6) is 0 Å². The van der Waals surface area contributed by atoms with E-state index >= 15 is 0 Å². The molecule has 5 heteroatoms. The summed E-state index contributed by atoms with van der Waals surface area (Å²) in [7, 11) is 1.76. The Morgan fingerprint density at radius 2 is 2.23 bits per heavy atom. The maximum absolute atomic E-state index is 5.78. The van der Waals surface area contributed by atoms with Crippen molar-refractivity contribution in [1.82, 2.24) is 5.32 Å². The molecule has 0 spiro atoms. The van der Waals surface area contributed by atoms with Gasteiger partial charge >= 0.3 is 0 Å². The summed E-state index contributed by atoms with van der Waals surface area (Å²) >= 11 is 14.1. The van der Waals surface area contributed by atoms with E-state index in [0.717, 1.165) is 10.2 Å². The molecule has 0 fully saturated rings. The first kappa shape index (κ1) is 10.8. The van der Waals surface area contributed by atoms with Crippen LogP contribution in [0.25, 0.3) is 0 Å². The Labute approximate surface area is 95.8 Å². The summed E-state index contributed by atoms with van der Waals surface area (Å²) in [5.41, 5.74) is 0.892. The van der Waals surface area contributed by atoms with E-state index in [1.165, 1.54) is 0 Å². The van der Waals surface area contributed by atoms with Crippen LogP contribution in [0, 0.1) is 0 Å². The molecule has 0 amide bonds. The van der Waals surface area contributed by atoms with Crippen LogP contribution in [0.2, 0.25) is 5.02 Å². The largest absolute Gasteiger partial charge is 0.366 e. The van der Waals surface area contributed by atoms with Gasteiger partial charge in [-0.25, -0.2) is 0 Å². The summed E-state index contributed by atoms with van der Waals surface area (Å²) in [6, 6.07) is 5.46. The fraction of sp³-hybridized carbons (Fsp3) is 0.125. The fourth-order valence-corrected chi connectivity index (χ4v) is 1.67. The molecule has 0 aliphatic carbocycles. The SMILES string of the molecule is CNC(=S)Nc1ccc(Cl)cc1Br. The summed E-state index contributed by atoms with van der Waals surface area (Å²) in [6.07, 6.45) is 0. The van der Waals surface area contributed by atoms with E-state index in [1.54, 1.807) is 13.1 Å². The van der Waals surface area contributed by atoms with Gasteiger partial charge in [0.05, 0.1) is 5.69 Å². The molecule has 0 unspecified atom stereocenters. The van der Waals surface area contributed by atoms with Crippen LogP contribution in [0.3, 0.4) is 0 Å². The van der Waals surface area contributed by atoms with Crippen molar-refractivity contribution >= 4 is 50.5 Å². The van der Waals surface area contributed by atoms with Gasteiger partial charge in [-0.2, -0.15) is 0 Å². The highest BCUT2D eigenvalue weighted by atomic mass is 79.9. The van der Waals surface area contributed by atoms with Crippen LogP contribution in [0.1, 0.15) is 0 Å². The first-order chi connectivity index (χ1) is 6.13. The molecule has 0 aliphatic heterocycles. The standard InChI is InChI=1S/C8H8BrClN2S/c1-11-8(13)12-7-3-2-5(10)4-6(7)9/h2-4H,1H3,(H2,11,12,13). The highest BCUT2D eigenvalue weighted by molar-refractivity contribution is 9.10. The number of anilines is 1. The topological polar surface area (TPSA) is 24.1 Å². The van der Waals surface area contributed by atoms with Crippen molar-refractivity contribution in [2.45, 2.75) is 0 Å². The van der Waals surface area contributed by atoms with Crippen LogP contribution in [-0.4, -0.2) is 12.2 Å². The Balaban J connectivity index is 2.83. The second kappa shape index (κ2) is 4.79. The summed E-state index contributed by atoms with van der Waals surface area (Å²) in [4.78, 5) is 0. The highest BCUT2D eigenvalue weighted by Crippen LogP contribution is 2.25. The maximum Gasteiger partial charge on any atom is 0.170 e. The second-order valence-electron chi connectivity index (χ2n) is 2.33. The molecule has 13 heavy (non-hydrogen) atoms. The van der Waals surface area contributed by atoms with E-state index in [4.69, 9.17) is 23.8 Å². The van der Waals surface area contributed by atoms with E-state index in [-0.39, 0.29) is 0 Å². The second-order valence-corrected chi connectivity index (χ2v) is 4.03. The van der Waals surface area contributed by atoms with E-state index in [1.807, 2.05) is 12.1 Å². The summed E-state index contributed by atoms with van der Waals surface area (Å²) < 4.78 is 0.887. The van der Waals surface area contributed by atoms with Gasteiger partial charge in [-0.3, -0.25) is 0 Å². The van der Waals surface area contributed by atoms with Crippen LogP contribution in [0.15, 0.2) is 22.7 Å². The van der Waals surface area contributed by atoms with E-state index < -0.39 is 0 Å². The van der Waals surface area contributed by atoms with Gasteiger partial charge in [0.25, 0.3) is 0 Å². The molecule has 1 rings (SSSR count). The van der Waals surface area contributed by atoms with Gasteiger partial charge in [0.15, 0.2) is 5.11 Å². The number of hydrogen-bond acceptors (Lipinski definition) is 1. The number of nitrogens with one attached hydrogen (secondary N) is 2. The number of benzene rings is 1. The lowest BCUT2D eigenvalue weighted by Crippen LogP contribution is -2.24. The molecular weight excluding hydrogens is 272 g/mol. The van der Waals surface area contributed by atoms with Crippen molar-refractivity contribution in [3.8, 4) is 0 Å². The van der Waals surface area contributed by atoms with Gasteiger partial charge in [0.1, 0.15) is 0 Å². The van der Waals surface area contributed by atoms with Crippen LogP contribution in [-0.2, 0) is 0 Å². The summed E-state index contributed by atoms with van der Waals surface area (Å²) in [5.74, 6) is 0. The molecule has 2 N–H and O–H groups in total. The highest BCUT2D eigenvalue weighted by Gasteiger charge is 2.00. The number of halogens is 2. The molecule has 0 heterocycles. The third kappa shape index (κ3) is 3.14. The van der Waals surface area contributed by atoms with E-state index in [9.17, 15) is 0 Å². The van der Waals surface area contributed by atoms with Crippen molar-refractivity contribution in [3.63, 3.8) is 0 Å². The lowest BCUT2D eigenvalue weighted by atomic mass is 10.3. The molecule has 1 aromatic rings. The van der Waals surface area contributed by atoms with Gasteiger partial charge in [0, 0.05) is 16.5 Å². The number of hydrogen-bond donors (Lipinski definition) is 2. The first-order valence-corrected chi connectivity index (χ1v) is 5.15. The van der Waals surface area contributed by atoms with Crippen LogP contribution in [0.4, 0.5) is 5.69 Å². The van der Waals surface area contributed by atoms with Crippen LogP contribution < -0.4 is 10.6 Å². The van der Waals surface area contributed by atoms with Gasteiger partial charge in [-0.15, -0.1) is 0 Å². The first-order valence-electron chi connectivity index (χ1n) is 3.57. The minimum Gasteiger partial charge on any atom is -0.366 e. The zero-order valence-corrected chi connectivity index (χ0v) is 10.1. The minimum absolute atomic E-state index is 0.572. The van der Waals surface area contributed by atoms with Crippen molar-refractivity contribution < 1.29 is 0 Å². The van der Waals surface area contributed by atoms with Crippen molar-refractivity contribution in [2.75, 3.05) is 12.4 Å². The molecular formula is C8H8BrClN2S. The molecule has 0 bridgehead atoms. The third-order valence-corrected chi connectivity index (χ3v) is 2.60. The predicted molar refractivity (Wildman–Crippen MR) is 64.4 cm³/mol. The average molecular weight is 280 g/mol. The van der Waals surface area contributed by atoms with Crippen molar-refractivity contribution in [1.29, 1.82) is 0 Å². The monoisotopic (exact) mass is 278 g/mol. The fourth-order valence-electron chi connectivity index (χ4n) is 0.776. The van der Waals surface area contributed by atoms with Gasteiger partial charge in [-0.1, -0.05) is 11.6 Å². The van der Waals surface area contributed by atoms with Gasteiger partial charge in [0.2, 0.25) is 0 Å². The summed E-state index contributed by atoms with van der Waals surface area (Å²) in [5, 5.41) is 7.08. The van der Waals surface area contributed by atoms with E-state index in [0.29, 0.717) is 10.1 Å². The van der Waals surface area contributed by atoms with Crippen molar-refractivity contribution in [3.05, 3.63) is 27.7 Å². The smallest absolute Gasteiger partial charge is 0.170 e. The zero-order valence-electron chi connectivity index (χ0n) is 6.90. The normalized spacial score (nSPS) is 9.46. The molecule has 0 radical (unpaired) electrons. The molecule has 0 aromatic heterocycles. The molecule has 0 saturated heterocycles.